The fraction of sp³-hybridized carbons (Fsp3) is 0.636. The molecule has 0 aliphatic rings. The van der Waals surface area contributed by atoms with Crippen LogP contribution in [0.1, 0.15) is 81.6 Å². The van der Waals surface area contributed by atoms with E-state index in [1.165, 1.54) is 19.3 Å². The first-order valence-corrected chi connectivity index (χ1v) is 12.6. The molecule has 0 bridgehead atoms. The van der Waals surface area contributed by atoms with Crippen LogP contribution >= 0.6 is 7.60 Å². The average Bonchev–Trinajstić information content (AvgIpc) is 2.70. The standard InChI is InChI=1S/C22H37N2O5P/c1-4-7-8-9-10-11-12-20(21(23)25)24-22(26)19-15-13-18(14-16-19)17-30(27,28-5-2)29-6-3/h13-16,20H,4-12,17H2,1-3H3,(H2,23,25)(H,24,26)/t20-/m1/s1. The Hall–Kier alpha value is -1.69. The van der Waals surface area contributed by atoms with Crippen LogP contribution in [-0.4, -0.2) is 31.1 Å². The average molecular weight is 441 g/mol. The Labute approximate surface area is 180 Å². The zero-order valence-electron chi connectivity index (χ0n) is 18.5. The normalized spacial score (nSPS) is 12.5. The molecule has 3 N–H and O–H groups in total. The monoisotopic (exact) mass is 440 g/mol. The van der Waals surface area contributed by atoms with Crippen molar-refractivity contribution >= 4 is 19.4 Å². The number of hydrogen-bond acceptors (Lipinski definition) is 5. The molecule has 30 heavy (non-hydrogen) atoms. The Morgan fingerprint density at radius 2 is 1.53 bits per heavy atom. The summed E-state index contributed by atoms with van der Waals surface area (Å²) in [5.74, 6) is -0.878. The lowest BCUT2D eigenvalue weighted by Crippen LogP contribution is -2.44. The minimum absolute atomic E-state index is 0.137. The third-order valence-corrected chi connectivity index (χ3v) is 6.79. The molecule has 1 rings (SSSR count). The van der Waals surface area contributed by atoms with E-state index in [1.54, 1.807) is 38.1 Å². The maximum absolute atomic E-state index is 12.6. The maximum atomic E-state index is 12.6. The molecule has 0 saturated carbocycles. The van der Waals surface area contributed by atoms with Crippen LogP contribution in [0.25, 0.3) is 0 Å². The number of nitrogens with two attached hydrogens (primary N) is 1. The fourth-order valence-electron chi connectivity index (χ4n) is 3.16. The number of carbonyl (C=O) groups excluding carboxylic acids is 2. The number of nitrogens with one attached hydrogen (secondary N) is 1. The molecule has 1 atom stereocenters. The first-order chi connectivity index (χ1) is 14.3. The van der Waals surface area contributed by atoms with Crippen LogP contribution in [-0.2, 0) is 24.6 Å². The van der Waals surface area contributed by atoms with E-state index in [9.17, 15) is 14.2 Å². The summed E-state index contributed by atoms with van der Waals surface area (Å²) < 4.78 is 23.2. The van der Waals surface area contributed by atoms with E-state index in [2.05, 4.69) is 12.2 Å². The number of hydrogen-bond donors (Lipinski definition) is 2. The molecule has 170 valence electrons. The van der Waals surface area contributed by atoms with Crippen molar-refractivity contribution < 1.29 is 23.2 Å². The lowest BCUT2D eigenvalue weighted by Gasteiger charge is -2.17. The van der Waals surface area contributed by atoms with Gasteiger partial charge in [0.2, 0.25) is 5.91 Å². The third kappa shape index (κ3) is 9.88. The quantitative estimate of drug-likeness (QED) is 0.284. The Morgan fingerprint density at radius 3 is 2.07 bits per heavy atom. The van der Waals surface area contributed by atoms with Crippen molar-refractivity contribution in [3.05, 3.63) is 35.4 Å². The molecule has 0 saturated heterocycles. The number of unbranched alkanes of at least 4 members (excludes halogenated alkanes) is 5. The van der Waals surface area contributed by atoms with Gasteiger partial charge in [-0.15, -0.1) is 0 Å². The summed E-state index contributed by atoms with van der Waals surface area (Å²) in [5.41, 5.74) is 6.62. The van der Waals surface area contributed by atoms with Gasteiger partial charge in [-0.3, -0.25) is 14.2 Å². The maximum Gasteiger partial charge on any atom is 0.335 e. The summed E-state index contributed by atoms with van der Waals surface area (Å²) in [6, 6.07) is 6.02. The predicted octanol–water partition coefficient (Wildman–Crippen LogP) is 4.79. The van der Waals surface area contributed by atoms with Gasteiger partial charge < -0.3 is 20.1 Å². The van der Waals surface area contributed by atoms with Gasteiger partial charge in [-0.05, 0) is 38.0 Å². The summed E-state index contributed by atoms with van der Waals surface area (Å²) >= 11 is 0. The molecule has 0 aromatic heterocycles. The molecule has 0 radical (unpaired) electrons. The second-order valence-corrected chi connectivity index (χ2v) is 9.34. The van der Waals surface area contributed by atoms with Crippen molar-refractivity contribution in [1.29, 1.82) is 0 Å². The minimum Gasteiger partial charge on any atom is -0.368 e. The van der Waals surface area contributed by atoms with Crippen LogP contribution in [0.5, 0.6) is 0 Å². The molecular formula is C22H37N2O5P. The number of amides is 2. The van der Waals surface area contributed by atoms with Crippen LogP contribution < -0.4 is 11.1 Å². The van der Waals surface area contributed by atoms with Crippen molar-refractivity contribution in [2.45, 2.75) is 77.9 Å². The molecule has 0 aliphatic carbocycles. The summed E-state index contributed by atoms with van der Waals surface area (Å²) in [6.45, 7) is 6.29. The van der Waals surface area contributed by atoms with Crippen LogP contribution in [0.3, 0.4) is 0 Å². The summed E-state index contributed by atoms with van der Waals surface area (Å²) in [6.07, 6.45) is 7.27. The first kappa shape index (κ1) is 26.3. The van der Waals surface area contributed by atoms with Crippen molar-refractivity contribution in [3.8, 4) is 0 Å². The Balaban J connectivity index is 2.62. The number of carbonyl (C=O) groups is 2. The lowest BCUT2D eigenvalue weighted by molar-refractivity contribution is -0.120. The van der Waals surface area contributed by atoms with Gasteiger partial charge in [0.15, 0.2) is 0 Å². The van der Waals surface area contributed by atoms with Gasteiger partial charge in [-0.25, -0.2) is 0 Å². The van der Waals surface area contributed by atoms with Gasteiger partial charge in [0.25, 0.3) is 5.91 Å². The highest BCUT2D eigenvalue weighted by Crippen LogP contribution is 2.51. The first-order valence-electron chi connectivity index (χ1n) is 10.9. The van der Waals surface area contributed by atoms with E-state index in [0.29, 0.717) is 25.2 Å². The van der Waals surface area contributed by atoms with Gasteiger partial charge >= 0.3 is 7.60 Å². The third-order valence-electron chi connectivity index (χ3n) is 4.74. The van der Waals surface area contributed by atoms with Crippen LogP contribution in [0.15, 0.2) is 24.3 Å². The highest BCUT2D eigenvalue weighted by Gasteiger charge is 2.24. The molecule has 7 nitrogen and oxygen atoms in total. The van der Waals surface area contributed by atoms with Gasteiger partial charge in [0.05, 0.1) is 19.4 Å². The Kier molecular flexibility index (Phi) is 12.6. The number of primary amides is 1. The molecule has 8 heteroatoms. The van der Waals surface area contributed by atoms with Gasteiger partial charge in [0, 0.05) is 5.56 Å². The minimum atomic E-state index is -3.20. The van der Waals surface area contributed by atoms with E-state index in [-0.39, 0.29) is 12.1 Å². The van der Waals surface area contributed by atoms with Crippen LogP contribution in [0.4, 0.5) is 0 Å². The molecule has 0 heterocycles. The predicted molar refractivity (Wildman–Crippen MR) is 119 cm³/mol. The molecule has 0 unspecified atom stereocenters. The van der Waals surface area contributed by atoms with Gasteiger partial charge in [-0.2, -0.15) is 0 Å². The molecule has 1 aromatic rings. The van der Waals surface area contributed by atoms with E-state index >= 15 is 0 Å². The molecule has 0 spiro atoms. The van der Waals surface area contributed by atoms with E-state index in [4.69, 9.17) is 14.8 Å². The highest BCUT2D eigenvalue weighted by molar-refractivity contribution is 7.53. The number of benzene rings is 1. The van der Waals surface area contributed by atoms with Crippen LogP contribution in [0, 0.1) is 0 Å². The largest absolute Gasteiger partial charge is 0.368 e. The van der Waals surface area contributed by atoms with Crippen LogP contribution in [0.2, 0.25) is 0 Å². The smallest absolute Gasteiger partial charge is 0.335 e. The summed E-state index contributed by atoms with van der Waals surface area (Å²) in [5, 5.41) is 2.73. The van der Waals surface area contributed by atoms with E-state index in [1.807, 2.05) is 0 Å². The van der Waals surface area contributed by atoms with E-state index in [0.717, 1.165) is 24.8 Å². The van der Waals surface area contributed by atoms with Crippen molar-refractivity contribution in [2.75, 3.05) is 13.2 Å². The summed E-state index contributed by atoms with van der Waals surface area (Å²) in [4.78, 5) is 24.2. The molecule has 0 aliphatic heterocycles. The molecule has 1 aromatic carbocycles. The Bertz CT molecular complexity index is 683. The second-order valence-electron chi connectivity index (χ2n) is 7.29. The van der Waals surface area contributed by atoms with Crippen molar-refractivity contribution in [3.63, 3.8) is 0 Å². The Morgan fingerprint density at radius 1 is 0.967 bits per heavy atom. The number of rotatable bonds is 16. The van der Waals surface area contributed by atoms with Crippen molar-refractivity contribution in [2.24, 2.45) is 5.73 Å². The highest BCUT2D eigenvalue weighted by atomic mass is 31.2. The topological polar surface area (TPSA) is 108 Å². The van der Waals surface area contributed by atoms with Gasteiger partial charge in [0.1, 0.15) is 6.04 Å². The molecule has 2 amide bonds. The lowest BCUT2D eigenvalue weighted by atomic mass is 10.0. The van der Waals surface area contributed by atoms with Gasteiger partial charge in [-0.1, -0.05) is 57.6 Å². The summed E-state index contributed by atoms with van der Waals surface area (Å²) in [7, 11) is -3.20. The zero-order chi connectivity index (χ0) is 22.4. The molecule has 0 fully saturated rings. The van der Waals surface area contributed by atoms with E-state index < -0.39 is 19.5 Å². The van der Waals surface area contributed by atoms with Crippen molar-refractivity contribution in [1.82, 2.24) is 5.32 Å². The fourth-order valence-corrected chi connectivity index (χ4v) is 4.86. The molecular weight excluding hydrogens is 403 g/mol. The SMILES string of the molecule is CCCCCCCC[C@@H](NC(=O)c1ccc(CP(=O)(OCC)OCC)cc1)C(N)=O. The second kappa shape index (κ2) is 14.3. The zero-order valence-corrected chi connectivity index (χ0v) is 19.4.